The van der Waals surface area contributed by atoms with E-state index in [0.29, 0.717) is 41.9 Å². The van der Waals surface area contributed by atoms with E-state index in [4.69, 9.17) is 4.74 Å². The fourth-order valence-corrected chi connectivity index (χ4v) is 4.29. The molecule has 188 valence electrons. The van der Waals surface area contributed by atoms with Crippen molar-refractivity contribution in [2.75, 3.05) is 13.2 Å². The quantitative estimate of drug-likeness (QED) is 0.382. The van der Waals surface area contributed by atoms with Crippen LogP contribution in [0.5, 0.6) is 5.75 Å². The SMILES string of the molecule is N#Cc1ccccc1-c1cc(OCC2CC2)cc(C(=O)N[C@@H](Cc2ccccc2)C(=O)CNC2CC2)c1. The van der Waals surface area contributed by atoms with Crippen molar-refractivity contribution in [1.82, 2.24) is 10.6 Å². The maximum atomic E-state index is 13.5. The summed E-state index contributed by atoms with van der Waals surface area (Å²) in [7, 11) is 0. The van der Waals surface area contributed by atoms with Crippen LogP contribution in [-0.4, -0.2) is 36.9 Å². The highest BCUT2D eigenvalue weighted by Gasteiger charge is 2.27. The Hall–Kier alpha value is -3.95. The third-order valence-electron chi connectivity index (χ3n) is 6.83. The molecule has 5 rings (SSSR count). The Morgan fingerprint density at radius 1 is 0.973 bits per heavy atom. The highest BCUT2D eigenvalue weighted by Crippen LogP contribution is 2.32. The molecule has 2 N–H and O–H groups in total. The zero-order chi connectivity index (χ0) is 25.6. The Labute approximate surface area is 217 Å². The van der Waals surface area contributed by atoms with E-state index >= 15 is 0 Å². The van der Waals surface area contributed by atoms with Gasteiger partial charge in [-0.05, 0) is 79.0 Å². The summed E-state index contributed by atoms with van der Waals surface area (Å²) in [6, 6.07) is 24.4. The van der Waals surface area contributed by atoms with E-state index in [9.17, 15) is 14.9 Å². The first-order valence-corrected chi connectivity index (χ1v) is 13.0. The second-order valence-corrected chi connectivity index (χ2v) is 10.00. The van der Waals surface area contributed by atoms with Crippen molar-refractivity contribution in [1.29, 1.82) is 5.26 Å². The van der Waals surface area contributed by atoms with Crippen LogP contribution in [0.1, 0.15) is 47.2 Å². The standard InChI is InChI=1S/C31H31N3O3/c32-18-23-8-4-5-9-28(23)24-15-25(17-27(16-24)37-20-22-10-11-22)31(36)34-29(14-21-6-2-1-3-7-21)30(35)19-33-26-12-13-26/h1-9,15-17,22,26,29,33H,10-14,19-20H2,(H,34,36)/t29-/m0/s1. The van der Waals surface area contributed by atoms with Gasteiger partial charge in [0.2, 0.25) is 0 Å². The summed E-state index contributed by atoms with van der Waals surface area (Å²) in [6.07, 6.45) is 4.90. The van der Waals surface area contributed by atoms with Crippen molar-refractivity contribution in [3.8, 4) is 22.9 Å². The van der Waals surface area contributed by atoms with E-state index < -0.39 is 6.04 Å². The minimum Gasteiger partial charge on any atom is -0.493 e. The molecule has 0 spiro atoms. The Balaban J connectivity index is 1.41. The van der Waals surface area contributed by atoms with Gasteiger partial charge in [-0.3, -0.25) is 9.59 Å². The molecule has 0 aliphatic heterocycles. The van der Waals surface area contributed by atoms with Crippen LogP contribution in [0.4, 0.5) is 0 Å². The third-order valence-corrected chi connectivity index (χ3v) is 6.83. The number of Topliss-reactive ketones (excluding diaryl/α,β-unsaturated/α-hetero) is 1. The van der Waals surface area contributed by atoms with Crippen LogP contribution in [0, 0.1) is 17.2 Å². The van der Waals surface area contributed by atoms with Gasteiger partial charge in [0.15, 0.2) is 5.78 Å². The minimum atomic E-state index is -0.660. The largest absolute Gasteiger partial charge is 0.493 e. The zero-order valence-corrected chi connectivity index (χ0v) is 20.8. The number of rotatable bonds is 12. The summed E-state index contributed by atoms with van der Waals surface area (Å²) in [5, 5.41) is 15.9. The van der Waals surface area contributed by atoms with Crippen LogP contribution in [0.2, 0.25) is 0 Å². The van der Waals surface area contributed by atoms with E-state index in [1.807, 2.05) is 54.6 Å². The Kier molecular flexibility index (Phi) is 7.62. The van der Waals surface area contributed by atoms with Crippen LogP contribution < -0.4 is 15.4 Å². The predicted molar refractivity (Wildman–Crippen MR) is 142 cm³/mol. The molecule has 0 bridgehead atoms. The molecule has 0 heterocycles. The molecule has 3 aromatic rings. The molecule has 0 aromatic heterocycles. The molecule has 0 saturated heterocycles. The van der Waals surface area contributed by atoms with Gasteiger partial charge in [0.1, 0.15) is 5.75 Å². The van der Waals surface area contributed by atoms with Gasteiger partial charge in [-0.15, -0.1) is 0 Å². The number of nitrogens with zero attached hydrogens (tertiary/aromatic N) is 1. The molecule has 2 fully saturated rings. The van der Waals surface area contributed by atoms with Crippen LogP contribution in [0.3, 0.4) is 0 Å². The first kappa shape index (κ1) is 24.7. The van der Waals surface area contributed by atoms with Gasteiger partial charge in [0.25, 0.3) is 5.91 Å². The van der Waals surface area contributed by atoms with Crippen molar-refractivity contribution in [3.05, 3.63) is 89.5 Å². The Morgan fingerprint density at radius 2 is 1.73 bits per heavy atom. The van der Waals surface area contributed by atoms with Gasteiger partial charge >= 0.3 is 0 Å². The van der Waals surface area contributed by atoms with Gasteiger partial charge in [0.05, 0.1) is 30.8 Å². The lowest BCUT2D eigenvalue weighted by atomic mass is 9.97. The molecule has 6 nitrogen and oxygen atoms in total. The van der Waals surface area contributed by atoms with Crippen LogP contribution >= 0.6 is 0 Å². The lowest BCUT2D eigenvalue weighted by Gasteiger charge is -2.19. The van der Waals surface area contributed by atoms with Crippen LogP contribution in [-0.2, 0) is 11.2 Å². The molecule has 3 aromatic carbocycles. The lowest BCUT2D eigenvalue weighted by Crippen LogP contribution is -2.46. The fraction of sp³-hybridized carbons (Fsp3) is 0.323. The number of amides is 1. The average Bonchev–Trinajstić information content (AvgIpc) is 3.86. The summed E-state index contributed by atoms with van der Waals surface area (Å²) >= 11 is 0. The Bertz CT molecular complexity index is 1310. The maximum absolute atomic E-state index is 13.5. The first-order valence-electron chi connectivity index (χ1n) is 13.0. The molecule has 0 unspecified atom stereocenters. The number of carbonyl (C=O) groups excluding carboxylic acids is 2. The topological polar surface area (TPSA) is 91.2 Å². The smallest absolute Gasteiger partial charge is 0.252 e. The number of hydrogen-bond acceptors (Lipinski definition) is 5. The van der Waals surface area contributed by atoms with E-state index in [0.717, 1.165) is 42.4 Å². The Morgan fingerprint density at radius 3 is 2.46 bits per heavy atom. The lowest BCUT2D eigenvalue weighted by molar-refractivity contribution is -0.120. The second kappa shape index (κ2) is 11.4. The number of ketones is 1. The van der Waals surface area contributed by atoms with Crippen molar-refractivity contribution >= 4 is 11.7 Å². The summed E-state index contributed by atoms with van der Waals surface area (Å²) in [5.41, 5.74) is 3.38. The molecule has 1 amide bonds. The second-order valence-electron chi connectivity index (χ2n) is 10.00. The van der Waals surface area contributed by atoms with Crippen molar-refractivity contribution in [3.63, 3.8) is 0 Å². The molecular weight excluding hydrogens is 462 g/mol. The molecule has 2 aliphatic carbocycles. The molecular formula is C31H31N3O3. The van der Waals surface area contributed by atoms with Crippen molar-refractivity contribution in [2.24, 2.45) is 5.92 Å². The monoisotopic (exact) mass is 493 g/mol. The first-order chi connectivity index (χ1) is 18.1. The molecule has 37 heavy (non-hydrogen) atoms. The van der Waals surface area contributed by atoms with E-state index in [2.05, 4.69) is 16.7 Å². The highest BCUT2D eigenvalue weighted by molar-refractivity contribution is 5.99. The molecule has 2 aliphatic rings. The number of nitriles is 1. The van der Waals surface area contributed by atoms with E-state index in [1.165, 1.54) is 0 Å². The van der Waals surface area contributed by atoms with Gasteiger partial charge in [-0.2, -0.15) is 5.26 Å². The van der Waals surface area contributed by atoms with Crippen molar-refractivity contribution in [2.45, 2.75) is 44.2 Å². The number of carbonyl (C=O) groups is 2. The maximum Gasteiger partial charge on any atom is 0.252 e. The molecule has 2 saturated carbocycles. The predicted octanol–water partition coefficient (Wildman–Crippen LogP) is 4.68. The summed E-state index contributed by atoms with van der Waals surface area (Å²) in [6.45, 7) is 0.833. The number of ether oxygens (including phenoxy) is 1. The van der Waals surface area contributed by atoms with Gasteiger partial charge in [-0.1, -0.05) is 48.5 Å². The van der Waals surface area contributed by atoms with Gasteiger partial charge in [-0.25, -0.2) is 0 Å². The van der Waals surface area contributed by atoms with E-state index in [1.54, 1.807) is 18.2 Å². The molecule has 0 radical (unpaired) electrons. The summed E-state index contributed by atoms with van der Waals surface area (Å²) in [4.78, 5) is 26.7. The average molecular weight is 494 g/mol. The molecule has 6 heteroatoms. The fourth-order valence-electron chi connectivity index (χ4n) is 4.29. The van der Waals surface area contributed by atoms with Crippen LogP contribution in [0.25, 0.3) is 11.1 Å². The summed E-state index contributed by atoms with van der Waals surface area (Å²) in [5.74, 6) is 0.761. The highest BCUT2D eigenvalue weighted by atomic mass is 16.5. The number of hydrogen-bond donors (Lipinski definition) is 2. The van der Waals surface area contributed by atoms with Crippen LogP contribution in [0.15, 0.2) is 72.8 Å². The number of nitrogens with one attached hydrogen (secondary N) is 2. The zero-order valence-electron chi connectivity index (χ0n) is 20.8. The van der Waals surface area contributed by atoms with Gasteiger partial charge < -0.3 is 15.4 Å². The molecule has 1 atom stereocenters. The van der Waals surface area contributed by atoms with Crippen molar-refractivity contribution < 1.29 is 14.3 Å². The van der Waals surface area contributed by atoms with E-state index in [-0.39, 0.29) is 18.2 Å². The minimum absolute atomic E-state index is 0.0414. The summed E-state index contributed by atoms with van der Waals surface area (Å²) < 4.78 is 6.04. The number of benzene rings is 3. The third kappa shape index (κ3) is 6.84. The van der Waals surface area contributed by atoms with Gasteiger partial charge in [0, 0.05) is 11.6 Å². The normalized spacial score (nSPS) is 15.4.